The van der Waals surface area contributed by atoms with E-state index in [1.807, 2.05) is 30.0 Å². The van der Waals surface area contributed by atoms with Crippen LogP contribution in [0.5, 0.6) is 0 Å². The van der Waals surface area contributed by atoms with Crippen molar-refractivity contribution in [3.63, 3.8) is 0 Å². The number of hydrogen-bond acceptors (Lipinski definition) is 4. The fraction of sp³-hybridized carbons (Fsp3) is 0.421. The summed E-state index contributed by atoms with van der Waals surface area (Å²) >= 11 is 6.38. The highest BCUT2D eigenvalue weighted by Crippen LogP contribution is 2.27. The Bertz CT molecular complexity index is 822. The van der Waals surface area contributed by atoms with Crippen molar-refractivity contribution in [1.29, 1.82) is 0 Å². The number of anilines is 1. The van der Waals surface area contributed by atoms with Gasteiger partial charge in [0, 0.05) is 19.6 Å². The van der Waals surface area contributed by atoms with Crippen LogP contribution in [0.2, 0.25) is 5.02 Å². The van der Waals surface area contributed by atoms with Gasteiger partial charge in [0.15, 0.2) is 0 Å². The van der Waals surface area contributed by atoms with Crippen molar-refractivity contribution in [1.82, 2.24) is 15.1 Å². The van der Waals surface area contributed by atoms with Crippen molar-refractivity contribution in [2.24, 2.45) is 5.92 Å². The Balaban J connectivity index is 1.82. The van der Waals surface area contributed by atoms with Crippen molar-refractivity contribution < 1.29 is 4.79 Å². The Kier molecular flexibility index (Phi) is 5.93. The van der Waals surface area contributed by atoms with Gasteiger partial charge in [-0.15, -0.1) is 0 Å². The van der Waals surface area contributed by atoms with E-state index in [1.165, 1.54) is 4.68 Å². The molecule has 3 rings (SSSR count). The van der Waals surface area contributed by atoms with Gasteiger partial charge in [-0.1, -0.05) is 36.7 Å². The Labute approximate surface area is 157 Å². The molecule has 138 valence electrons. The van der Waals surface area contributed by atoms with Gasteiger partial charge >= 0.3 is 0 Å². The van der Waals surface area contributed by atoms with Gasteiger partial charge in [-0.2, -0.15) is 9.78 Å². The lowest BCUT2D eigenvalue weighted by Gasteiger charge is -2.33. The molecule has 0 radical (unpaired) electrons. The third-order valence-corrected chi connectivity index (χ3v) is 4.94. The van der Waals surface area contributed by atoms with Gasteiger partial charge in [-0.3, -0.25) is 9.59 Å². The van der Waals surface area contributed by atoms with Crippen molar-refractivity contribution in [2.75, 3.05) is 24.5 Å². The number of carbonyl (C=O) groups excluding carboxylic acids is 1. The van der Waals surface area contributed by atoms with E-state index in [2.05, 4.69) is 10.4 Å². The van der Waals surface area contributed by atoms with Gasteiger partial charge in [-0.05, 0) is 31.4 Å². The average molecular weight is 375 g/mol. The second-order valence-electron chi connectivity index (χ2n) is 6.47. The second-order valence-corrected chi connectivity index (χ2v) is 6.85. The fourth-order valence-corrected chi connectivity index (χ4v) is 3.45. The van der Waals surface area contributed by atoms with E-state index in [4.69, 9.17) is 11.6 Å². The zero-order valence-electron chi connectivity index (χ0n) is 14.8. The number of amides is 1. The lowest BCUT2D eigenvalue weighted by Crippen LogP contribution is -2.44. The largest absolute Gasteiger partial charge is 0.368 e. The molecule has 1 fully saturated rings. The number of aromatic nitrogens is 2. The van der Waals surface area contributed by atoms with E-state index in [0.717, 1.165) is 25.8 Å². The number of benzene rings is 1. The minimum absolute atomic E-state index is 0.0678. The molecule has 1 N–H and O–H groups in total. The third kappa shape index (κ3) is 3.90. The highest BCUT2D eigenvalue weighted by atomic mass is 35.5. The number of halogens is 1. The molecule has 0 spiro atoms. The van der Waals surface area contributed by atoms with Crippen LogP contribution < -0.4 is 15.8 Å². The predicted molar refractivity (Wildman–Crippen MR) is 103 cm³/mol. The highest BCUT2D eigenvalue weighted by molar-refractivity contribution is 6.33. The van der Waals surface area contributed by atoms with Crippen molar-refractivity contribution in [3.8, 4) is 5.69 Å². The molecule has 0 bridgehead atoms. The first-order valence-electron chi connectivity index (χ1n) is 8.97. The minimum Gasteiger partial charge on any atom is -0.368 e. The molecule has 26 heavy (non-hydrogen) atoms. The van der Waals surface area contributed by atoms with Crippen LogP contribution in [-0.4, -0.2) is 35.3 Å². The molecular formula is C19H23ClN4O2. The maximum absolute atomic E-state index is 12.7. The smallest absolute Gasteiger partial charge is 0.292 e. The van der Waals surface area contributed by atoms with E-state index in [1.54, 1.807) is 18.3 Å². The van der Waals surface area contributed by atoms with Gasteiger partial charge in [-0.25, -0.2) is 0 Å². The normalized spacial score (nSPS) is 17.2. The molecule has 6 nitrogen and oxygen atoms in total. The van der Waals surface area contributed by atoms with Crippen LogP contribution >= 0.6 is 11.6 Å². The van der Waals surface area contributed by atoms with Crippen LogP contribution in [0, 0.1) is 5.92 Å². The summed E-state index contributed by atoms with van der Waals surface area (Å²) in [6.07, 6.45) is 4.25. The first-order chi connectivity index (χ1) is 12.6. The SMILES string of the molecule is CCCNC(=O)C1CCCN(c2cnn(-c3ccccc3)c(=O)c2Cl)C1. The molecule has 1 aliphatic rings. The van der Waals surface area contributed by atoms with Crippen LogP contribution in [-0.2, 0) is 4.79 Å². The van der Waals surface area contributed by atoms with Crippen molar-refractivity contribution >= 4 is 23.2 Å². The number of para-hydroxylation sites is 1. The van der Waals surface area contributed by atoms with E-state index in [0.29, 0.717) is 24.5 Å². The standard InChI is InChI=1S/C19H23ClN4O2/c1-2-10-21-18(25)14-7-6-11-23(13-14)16-12-22-24(19(26)17(16)20)15-8-4-3-5-9-15/h3-5,8-9,12,14H,2,6-7,10-11,13H2,1H3,(H,21,25). The fourth-order valence-electron chi connectivity index (χ4n) is 3.20. The Hall–Kier alpha value is -2.34. The summed E-state index contributed by atoms with van der Waals surface area (Å²) in [6, 6.07) is 9.17. The van der Waals surface area contributed by atoms with Gasteiger partial charge < -0.3 is 10.2 Å². The first kappa shape index (κ1) is 18.5. The molecule has 1 saturated heterocycles. The van der Waals surface area contributed by atoms with Crippen LogP contribution in [0.4, 0.5) is 5.69 Å². The summed E-state index contributed by atoms with van der Waals surface area (Å²) in [4.78, 5) is 26.9. The van der Waals surface area contributed by atoms with Crippen LogP contribution in [0.15, 0.2) is 41.3 Å². The Morgan fingerprint density at radius 1 is 1.35 bits per heavy atom. The summed E-state index contributed by atoms with van der Waals surface area (Å²) < 4.78 is 1.29. The summed E-state index contributed by atoms with van der Waals surface area (Å²) in [5.74, 6) is -0.0267. The summed E-state index contributed by atoms with van der Waals surface area (Å²) in [7, 11) is 0. The maximum atomic E-state index is 12.7. The van der Waals surface area contributed by atoms with E-state index >= 15 is 0 Å². The Morgan fingerprint density at radius 3 is 2.85 bits per heavy atom. The predicted octanol–water partition coefficient (Wildman–Crippen LogP) is 2.63. The number of rotatable bonds is 5. The third-order valence-electron chi connectivity index (χ3n) is 4.58. The molecule has 0 aliphatic carbocycles. The highest BCUT2D eigenvalue weighted by Gasteiger charge is 2.27. The van der Waals surface area contributed by atoms with Gasteiger partial charge in [0.1, 0.15) is 5.02 Å². The Morgan fingerprint density at radius 2 is 2.12 bits per heavy atom. The van der Waals surface area contributed by atoms with E-state index in [-0.39, 0.29) is 22.4 Å². The molecule has 2 aromatic rings. The summed E-state index contributed by atoms with van der Waals surface area (Å²) in [5, 5.41) is 7.37. The quantitative estimate of drug-likeness (QED) is 0.873. The van der Waals surface area contributed by atoms with Gasteiger partial charge in [0.2, 0.25) is 5.91 Å². The van der Waals surface area contributed by atoms with Crippen LogP contribution in [0.1, 0.15) is 26.2 Å². The number of carbonyl (C=O) groups is 1. The molecule has 1 atom stereocenters. The molecule has 1 aliphatic heterocycles. The van der Waals surface area contributed by atoms with E-state index < -0.39 is 0 Å². The monoisotopic (exact) mass is 374 g/mol. The molecule has 2 heterocycles. The molecule has 1 amide bonds. The zero-order valence-corrected chi connectivity index (χ0v) is 15.6. The number of hydrogen-bond donors (Lipinski definition) is 1. The average Bonchev–Trinajstić information content (AvgIpc) is 2.69. The lowest BCUT2D eigenvalue weighted by atomic mass is 9.97. The summed E-state index contributed by atoms with van der Waals surface area (Å²) in [6.45, 7) is 4.02. The first-order valence-corrected chi connectivity index (χ1v) is 9.35. The number of nitrogens with zero attached hydrogens (tertiary/aromatic N) is 3. The summed E-state index contributed by atoms with van der Waals surface area (Å²) in [5.41, 5.74) is 0.908. The van der Waals surface area contributed by atoms with Crippen LogP contribution in [0.3, 0.4) is 0 Å². The van der Waals surface area contributed by atoms with Crippen molar-refractivity contribution in [3.05, 3.63) is 51.9 Å². The molecule has 1 aromatic carbocycles. The molecule has 1 unspecified atom stereocenters. The molecular weight excluding hydrogens is 352 g/mol. The van der Waals surface area contributed by atoms with Gasteiger partial charge in [0.05, 0.1) is 23.5 Å². The molecule has 1 aromatic heterocycles. The van der Waals surface area contributed by atoms with Crippen molar-refractivity contribution in [2.45, 2.75) is 26.2 Å². The molecule has 7 heteroatoms. The topological polar surface area (TPSA) is 67.2 Å². The lowest BCUT2D eigenvalue weighted by molar-refractivity contribution is -0.125. The van der Waals surface area contributed by atoms with Gasteiger partial charge in [0.25, 0.3) is 5.56 Å². The molecule has 0 saturated carbocycles. The second kappa shape index (κ2) is 8.36. The van der Waals surface area contributed by atoms with E-state index in [9.17, 15) is 9.59 Å². The maximum Gasteiger partial charge on any atom is 0.292 e. The number of nitrogens with one attached hydrogen (secondary N) is 1. The zero-order chi connectivity index (χ0) is 18.5. The van der Waals surface area contributed by atoms with Crippen LogP contribution in [0.25, 0.3) is 5.69 Å². The number of piperidine rings is 1. The minimum atomic E-state index is -0.354.